The first-order valence-electron chi connectivity index (χ1n) is 9.41. The van der Waals surface area contributed by atoms with E-state index >= 15 is 0 Å². The predicted octanol–water partition coefficient (Wildman–Crippen LogP) is 2.63. The fourth-order valence-electron chi connectivity index (χ4n) is 4.22. The Morgan fingerprint density at radius 2 is 2.00 bits per heavy atom. The van der Waals surface area contributed by atoms with Gasteiger partial charge in [-0.25, -0.2) is 0 Å². The van der Waals surface area contributed by atoms with Gasteiger partial charge in [0.2, 0.25) is 5.91 Å². The number of carbonyl (C=O) groups excluding carboxylic acids is 1. The lowest BCUT2D eigenvalue weighted by Crippen LogP contribution is -2.48. The lowest BCUT2D eigenvalue weighted by molar-refractivity contribution is -0.134. The van der Waals surface area contributed by atoms with E-state index in [1.54, 1.807) is 0 Å². The minimum absolute atomic E-state index is 0.225. The molecule has 4 nitrogen and oxygen atoms in total. The number of piperidine rings is 1. The maximum absolute atomic E-state index is 12.7. The van der Waals surface area contributed by atoms with Crippen LogP contribution in [-0.4, -0.2) is 47.9 Å². The highest BCUT2D eigenvalue weighted by Crippen LogP contribution is 2.28. The van der Waals surface area contributed by atoms with Crippen molar-refractivity contribution < 1.29 is 4.79 Å². The Morgan fingerprint density at radius 3 is 2.71 bits per heavy atom. The summed E-state index contributed by atoms with van der Waals surface area (Å²) in [6.45, 7) is 3.08. The standard InChI is InChI=1S/C20H31N3O/c1-22(20(24)13-17-9-5-11-19(17)21)18-10-6-12-23(15-18)14-16-7-3-2-4-8-16/h2-4,7-8,17-19H,5-6,9-15,21H2,1H3/t17-,18?,19+/m0/s1. The van der Waals surface area contributed by atoms with E-state index in [0.717, 1.165) is 45.3 Å². The molecule has 1 saturated carbocycles. The monoisotopic (exact) mass is 329 g/mol. The molecule has 1 amide bonds. The van der Waals surface area contributed by atoms with E-state index in [0.29, 0.717) is 18.4 Å². The van der Waals surface area contributed by atoms with Crippen LogP contribution in [0, 0.1) is 5.92 Å². The van der Waals surface area contributed by atoms with Crippen LogP contribution in [0.2, 0.25) is 0 Å². The second kappa shape index (κ2) is 8.13. The Morgan fingerprint density at radius 1 is 1.21 bits per heavy atom. The second-order valence-corrected chi connectivity index (χ2v) is 7.58. The first-order valence-corrected chi connectivity index (χ1v) is 9.41. The van der Waals surface area contributed by atoms with E-state index in [9.17, 15) is 4.79 Å². The molecule has 1 unspecified atom stereocenters. The fraction of sp³-hybridized carbons (Fsp3) is 0.650. The highest BCUT2D eigenvalue weighted by atomic mass is 16.2. The molecule has 2 aliphatic rings. The maximum atomic E-state index is 12.7. The number of amides is 1. The summed E-state index contributed by atoms with van der Waals surface area (Å²) in [5.74, 6) is 0.674. The predicted molar refractivity (Wildman–Crippen MR) is 97.4 cm³/mol. The van der Waals surface area contributed by atoms with Crippen LogP contribution in [0.3, 0.4) is 0 Å². The number of benzene rings is 1. The minimum Gasteiger partial charge on any atom is -0.341 e. The SMILES string of the molecule is CN(C(=O)C[C@@H]1CCC[C@H]1N)C1CCCN(Cc2ccccc2)C1. The normalized spacial score (nSPS) is 28.0. The highest BCUT2D eigenvalue weighted by Gasteiger charge is 2.30. The fourth-order valence-corrected chi connectivity index (χ4v) is 4.22. The molecule has 0 aromatic heterocycles. The molecule has 1 aromatic rings. The number of hydrogen-bond acceptors (Lipinski definition) is 3. The molecule has 3 atom stereocenters. The van der Waals surface area contributed by atoms with Crippen molar-refractivity contribution in [2.75, 3.05) is 20.1 Å². The third kappa shape index (κ3) is 4.37. The zero-order chi connectivity index (χ0) is 16.9. The molecule has 3 rings (SSSR count). The van der Waals surface area contributed by atoms with Crippen molar-refractivity contribution >= 4 is 5.91 Å². The summed E-state index contributed by atoms with van der Waals surface area (Å²) >= 11 is 0. The van der Waals surface area contributed by atoms with Crippen LogP contribution in [0.1, 0.15) is 44.1 Å². The molecule has 24 heavy (non-hydrogen) atoms. The van der Waals surface area contributed by atoms with Gasteiger partial charge in [0.1, 0.15) is 0 Å². The molecule has 132 valence electrons. The Labute approximate surface area is 146 Å². The molecule has 2 N–H and O–H groups in total. The summed E-state index contributed by atoms with van der Waals surface area (Å²) < 4.78 is 0. The second-order valence-electron chi connectivity index (χ2n) is 7.58. The van der Waals surface area contributed by atoms with E-state index in [1.807, 2.05) is 11.9 Å². The number of hydrogen-bond donors (Lipinski definition) is 1. The highest BCUT2D eigenvalue weighted by molar-refractivity contribution is 5.76. The number of likely N-dealkylation sites (N-methyl/N-ethyl adjacent to an activating group) is 1. The van der Waals surface area contributed by atoms with Crippen molar-refractivity contribution in [2.45, 2.75) is 57.2 Å². The quantitative estimate of drug-likeness (QED) is 0.903. The van der Waals surface area contributed by atoms with Crippen molar-refractivity contribution in [1.29, 1.82) is 0 Å². The number of likely N-dealkylation sites (tertiary alicyclic amines) is 1. The van der Waals surface area contributed by atoms with Crippen LogP contribution in [0.4, 0.5) is 0 Å². The smallest absolute Gasteiger partial charge is 0.222 e. The number of nitrogens with two attached hydrogens (primary N) is 1. The van der Waals surface area contributed by atoms with Crippen molar-refractivity contribution in [1.82, 2.24) is 9.80 Å². The van der Waals surface area contributed by atoms with Gasteiger partial charge in [0.15, 0.2) is 0 Å². The zero-order valence-corrected chi connectivity index (χ0v) is 14.9. The molecule has 1 heterocycles. The average Bonchev–Trinajstić information content (AvgIpc) is 3.00. The van der Waals surface area contributed by atoms with Crippen LogP contribution in [-0.2, 0) is 11.3 Å². The third-order valence-electron chi connectivity index (χ3n) is 5.83. The Balaban J connectivity index is 1.52. The Bertz CT molecular complexity index is 533. The topological polar surface area (TPSA) is 49.6 Å². The van der Waals surface area contributed by atoms with Crippen LogP contribution in [0.5, 0.6) is 0 Å². The molecule has 2 fully saturated rings. The van der Waals surface area contributed by atoms with Gasteiger partial charge >= 0.3 is 0 Å². The molecule has 1 saturated heterocycles. The van der Waals surface area contributed by atoms with Crippen molar-refractivity contribution in [3.63, 3.8) is 0 Å². The summed E-state index contributed by atoms with van der Waals surface area (Å²) in [6.07, 6.45) is 6.29. The molecule has 0 radical (unpaired) electrons. The summed E-state index contributed by atoms with van der Waals surface area (Å²) in [4.78, 5) is 17.1. The van der Waals surface area contributed by atoms with Gasteiger partial charge in [-0.05, 0) is 43.7 Å². The van der Waals surface area contributed by atoms with E-state index in [4.69, 9.17) is 5.73 Å². The van der Waals surface area contributed by atoms with Crippen LogP contribution >= 0.6 is 0 Å². The van der Waals surface area contributed by atoms with E-state index < -0.39 is 0 Å². The van der Waals surface area contributed by atoms with Gasteiger partial charge in [0, 0.05) is 38.6 Å². The number of nitrogens with zero attached hydrogens (tertiary/aromatic N) is 2. The molecule has 0 bridgehead atoms. The van der Waals surface area contributed by atoms with Gasteiger partial charge in [0.25, 0.3) is 0 Å². The molecular weight excluding hydrogens is 298 g/mol. The first-order chi connectivity index (χ1) is 11.6. The number of carbonyl (C=O) groups is 1. The Hall–Kier alpha value is -1.39. The molecule has 1 aliphatic heterocycles. The van der Waals surface area contributed by atoms with Crippen molar-refractivity contribution in [2.24, 2.45) is 11.7 Å². The van der Waals surface area contributed by atoms with Crippen molar-refractivity contribution in [3.05, 3.63) is 35.9 Å². The summed E-state index contributed by atoms with van der Waals surface area (Å²) in [7, 11) is 1.99. The van der Waals surface area contributed by atoms with E-state index in [-0.39, 0.29) is 11.9 Å². The maximum Gasteiger partial charge on any atom is 0.222 e. The first kappa shape index (κ1) is 17.4. The third-order valence-corrected chi connectivity index (χ3v) is 5.83. The average molecular weight is 329 g/mol. The lowest BCUT2D eigenvalue weighted by atomic mass is 9.98. The van der Waals surface area contributed by atoms with Crippen molar-refractivity contribution in [3.8, 4) is 0 Å². The Kier molecular flexibility index (Phi) is 5.90. The summed E-state index contributed by atoms with van der Waals surface area (Å²) in [5.41, 5.74) is 7.49. The molecule has 4 heteroatoms. The van der Waals surface area contributed by atoms with E-state index in [2.05, 4.69) is 35.2 Å². The molecular formula is C20H31N3O. The van der Waals surface area contributed by atoms with Gasteiger partial charge in [0.05, 0.1) is 0 Å². The van der Waals surface area contributed by atoms with Gasteiger partial charge in [-0.2, -0.15) is 0 Å². The van der Waals surface area contributed by atoms with Gasteiger partial charge in [-0.3, -0.25) is 9.69 Å². The van der Waals surface area contributed by atoms with E-state index in [1.165, 1.54) is 12.0 Å². The van der Waals surface area contributed by atoms with Crippen LogP contribution in [0.15, 0.2) is 30.3 Å². The lowest BCUT2D eigenvalue weighted by Gasteiger charge is -2.38. The molecule has 1 aromatic carbocycles. The van der Waals surface area contributed by atoms with Gasteiger partial charge < -0.3 is 10.6 Å². The summed E-state index contributed by atoms with van der Waals surface area (Å²) in [5, 5.41) is 0. The van der Waals surface area contributed by atoms with Gasteiger partial charge in [-0.15, -0.1) is 0 Å². The van der Waals surface area contributed by atoms with Crippen LogP contribution in [0.25, 0.3) is 0 Å². The number of rotatable bonds is 5. The largest absolute Gasteiger partial charge is 0.341 e. The minimum atomic E-state index is 0.225. The van der Waals surface area contributed by atoms with Gasteiger partial charge in [-0.1, -0.05) is 36.8 Å². The summed E-state index contributed by atoms with van der Waals surface area (Å²) in [6, 6.07) is 11.2. The molecule has 1 aliphatic carbocycles. The zero-order valence-electron chi connectivity index (χ0n) is 14.9. The molecule has 0 spiro atoms. The van der Waals surface area contributed by atoms with Crippen LogP contribution < -0.4 is 5.73 Å².